The van der Waals surface area contributed by atoms with E-state index in [0.717, 1.165) is 0 Å². The van der Waals surface area contributed by atoms with Gasteiger partial charge in [-0.2, -0.15) is 0 Å². The third kappa shape index (κ3) is 6.89. The van der Waals surface area contributed by atoms with Crippen LogP contribution in [-0.2, 0) is 4.79 Å². The highest BCUT2D eigenvalue weighted by atomic mass is 16.3. The maximum atomic E-state index is 8.25. The lowest BCUT2D eigenvalue weighted by Gasteiger charge is -2.36. The van der Waals surface area contributed by atoms with Gasteiger partial charge in [0.1, 0.15) is 0 Å². The zero-order valence-corrected chi connectivity index (χ0v) is 10.1. The molecule has 0 bridgehead atoms. The van der Waals surface area contributed by atoms with Crippen LogP contribution in [0, 0.1) is 0 Å². The van der Waals surface area contributed by atoms with E-state index in [9.17, 15) is 0 Å². The van der Waals surface area contributed by atoms with E-state index in [2.05, 4.69) is 27.7 Å². The van der Waals surface area contributed by atoms with E-state index in [1.807, 2.05) is 0 Å². The van der Waals surface area contributed by atoms with Crippen LogP contribution in [0.2, 0.25) is 0 Å². The Hall–Kier alpha value is -0.570. The minimum Gasteiger partial charge on any atom is -0.554 e. The van der Waals surface area contributed by atoms with Crippen molar-refractivity contribution in [3.05, 3.63) is 0 Å². The Labute approximate surface area is 88.3 Å². The second kappa shape index (κ2) is 10.5. The highest BCUT2D eigenvalue weighted by molar-refractivity contribution is 5.29. The first kappa shape index (κ1) is 15.9. The fourth-order valence-electron chi connectivity index (χ4n) is 1.92. The fourth-order valence-corrected chi connectivity index (χ4v) is 1.92. The largest absolute Gasteiger partial charge is 0.554 e. The molecule has 0 aliphatic rings. The topological polar surface area (TPSA) is 40.1 Å². The van der Waals surface area contributed by atoms with Crippen LogP contribution in [0.4, 0.5) is 0 Å². The first-order valence-electron chi connectivity index (χ1n) is 5.56. The predicted molar refractivity (Wildman–Crippen MR) is 57.7 cm³/mol. The predicted octanol–water partition coefficient (Wildman–Crippen LogP) is 1.03. The van der Waals surface area contributed by atoms with Crippen LogP contribution in [0.5, 0.6) is 0 Å². The van der Waals surface area contributed by atoms with E-state index >= 15 is 0 Å². The van der Waals surface area contributed by atoms with Crippen molar-refractivity contribution in [1.29, 1.82) is 0 Å². The second-order valence-electron chi connectivity index (χ2n) is 3.52. The summed E-state index contributed by atoms with van der Waals surface area (Å²) in [7, 11) is 0. The summed E-state index contributed by atoms with van der Waals surface area (Å²) in [5, 5.41) is 8.25. The molecule has 0 heterocycles. The zero-order valence-electron chi connectivity index (χ0n) is 10.1. The minimum atomic E-state index is -0.500. The monoisotopic (exact) mass is 203 g/mol. The molecule has 0 aliphatic heterocycles. The van der Waals surface area contributed by atoms with Gasteiger partial charge in [-0.1, -0.05) is 13.8 Å². The molecular weight excluding hydrogens is 178 g/mol. The van der Waals surface area contributed by atoms with Crippen LogP contribution in [0.3, 0.4) is 0 Å². The van der Waals surface area contributed by atoms with Gasteiger partial charge in [0, 0.05) is 6.47 Å². The molecule has 0 unspecified atom stereocenters. The van der Waals surface area contributed by atoms with Crippen molar-refractivity contribution in [3.63, 3.8) is 0 Å². The van der Waals surface area contributed by atoms with Crippen molar-refractivity contribution in [2.75, 3.05) is 26.2 Å². The molecule has 86 valence electrons. The van der Waals surface area contributed by atoms with Gasteiger partial charge in [0.25, 0.3) is 0 Å². The molecule has 0 fully saturated rings. The normalized spacial score (nSPS) is 10.3. The molecule has 0 aliphatic carbocycles. The molecular formula is C11H25NO2. The highest BCUT2D eigenvalue weighted by Gasteiger charge is 2.19. The van der Waals surface area contributed by atoms with Crippen molar-refractivity contribution in [2.24, 2.45) is 0 Å². The smallest absolute Gasteiger partial charge is 0.0783 e. The summed E-state index contributed by atoms with van der Waals surface area (Å²) in [4.78, 5) is 8.25. The number of carboxylic acid groups (broad SMARTS) is 1. The molecule has 3 heteroatoms. The molecule has 0 amide bonds. The first-order valence-corrected chi connectivity index (χ1v) is 5.56. The van der Waals surface area contributed by atoms with Gasteiger partial charge in [0.2, 0.25) is 0 Å². The molecule has 0 saturated carbocycles. The van der Waals surface area contributed by atoms with E-state index in [0.29, 0.717) is 0 Å². The van der Waals surface area contributed by atoms with E-state index < -0.39 is 6.47 Å². The van der Waals surface area contributed by atoms with Crippen LogP contribution in [-0.4, -0.2) is 37.1 Å². The average molecular weight is 203 g/mol. The number of nitrogens with zero attached hydrogens (tertiary/aromatic N) is 1. The van der Waals surface area contributed by atoms with Gasteiger partial charge in [-0.25, -0.2) is 0 Å². The van der Waals surface area contributed by atoms with Gasteiger partial charge < -0.3 is 14.4 Å². The van der Waals surface area contributed by atoms with Crippen molar-refractivity contribution in [1.82, 2.24) is 0 Å². The zero-order chi connectivity index (χ0) is 11.4. The number of carbonyl (C=O) groups is 1. The minimum absolute atomic E-state index is 0.500. The highest BCUT2D eigenvalue weighted by Crippen LogP contribution is 2.08. The summed E-state index contributed by atoms with van der Waals surface area (Å²) in [5.74, 6) is 0. The van der Waals surface area contributed by atoms with Gasteiger partial charge in [-0.05, 0) is 26.7 Å². The molecule has 0 N–H and O–H groups in total. The lowest BCUT2D eigenvalue weighted by molar-refractivity contribution is -0.925. The Morgan fingerprint density at radius 3 is 1.43 bits per heavy atom. The second-order valence-corrected chi connectivity index (χ2v) is 3.52. The molecule has 3 nitrogen and oxygen atoms in total. The Balaban J connectivity index is 0. The standard InChI is InChI=1S/C10H24N.CH2O2/c1-5-9-11(7-3,8-4)10-6-2;2-1-3/h5-10H2,1-4H3;1H,(H,2,3)/q+1;/p-1. The molecule has 0 radical (unpaired) electrons. The lowest BCUT2D eigenvalue weighted by Crippen LogP contribution is -2.48. The molecule has 0 aromatic rings. The quantitative estimate of drug-likeness (QED) is 0.478. The summed E-state index contributed by atoms with van der Waals surface area (Å²) in [6.45, 7) is 14.0. The fraction of sp³-hybridized carbons (Fsp3) is 0.909. The third-order valence-electron chi connectivity index (χ3n) is 2.74. The number of hydrogen-bond acceptors (Lipinski definition) is 2. The molecule has 0 spiro atoms. The molecule has 0 atom stereocenters. The first-order chi connectivity index (χ1) is 6.66. The van der Waals surface area contributed by atoms with Crippen LogP contribution < -0.4 is 5.11 Å². The van der Waals surface area contributed by atoms with Crippen molar-refractivity contribution in [2.45, 2.75) is 40.5 Å². The third-order valence-corrected chi connectivity index (χ3v) is 2.74. The molecule has 0 aromatic carbocycles. The Morgan fingerprint density at radius 1 is 1.00 bits per heavy atom. The Bertz CT molecular complexity index is 114. The summed E-state index contributed by atoms with van der Waals surface area (Å²) >= 11 is 0. The number of hydrogen-bond donors (Lipinski definition) is 0. The van der Waals surface area contributed by atoms with Gasteiger partial charge >= 0.3 is 0 Å². The Morgan fingerprint density at radius 2 is 1.29 bits per heavy atom. The lowest BCUT2D eigenvalue weighted by atomic mass is 10.2. The summed E-state index contributed by atoms with van der Waals surface area (Å²) in [6, 6.07) is 0. The van der Waals surface area contributed by atoms with Crippen molar-refractivity contribution in [3.8, 4) is 0 Å². The molecule has 0 aromatic heterocycles. The Kier molecular flexibility index (Phi) is 11.9. The maximum Gasteiger partial charge on any atom is 0.0783 e. The molecule has 14 heavy (non-hydrogen) atoms. The number of carbonyl (C=O) groups excluding carboxylic acids is 1. The van der Waals surface area contributed by atoms with Crippen LogP contribution in [0.15, 0.2) is 0 Å². The SMILES string of the molecule is CCC[N+](CC)(CC)CCC.O=C[O-]. The van der Waals surface area contributed by atoms with Gasteiger partial charge in [0.05, 0.1) is 26.2 Å². The molecule has 0 rings (SSSR count). The number of rotatable bonds is 6. The van der Waals surface area contributed by atoms with Crippen LogP contribution in [0.25, 0.3) is 0 Å². The van der Waals surface area contributed by atoms with Crippen molar-refractivity contribution < 1.29 is 14.4 Å². The summed E-state index contributed by atoms with van der Waals surface area (Å²) < 4.78 is 1.33. The van der Waals surface area contributed by atoms with Crippen LogP contribution >= 0.6 is 0 Å². The van der Waals surface area contributed by atoms with E-state index in [4.69, 9.17) is 9.90 Å². The average Bonchev–Trinajstić information content (AvgIpc) is 2.19. The summed E-state index contributed by atoms with van der Waals surface area (Å²) in [6.07, 6.45) is 2.64. The van der Waals surface area contributed by atoms with Crippen molar-refractivity contribution >= 4 is 6.47 Å². The van der Waals surface area contributed by atoms with E-state index in [1.165, 1.54) is 43.5 Å². The van der Waals surface area contributed by atoms with Gasteiger partial charge in [-0.3, -0.25) is 0 Å². The van der Waals surface area contributed by atoms with E-state index in [-0.39, 0.29) is 0 Å². The van der Waals surface area contributed by atoms with Crippen LogP contribution in [0.1, 0.15) is 40.5 Å². The van der Waals surface area contributed by atoms with E-state index in [1.54, 1.807) is 0 Å². The van der Waals surface area contributed by atoms with Gasteiger partial charge in [-0.15, -0.1) is 0 Å². The molecule has 0 saturated heterocycles. The summed E-state index contributed by atoms with van der Waals surface area (Å²) in [5.41, 5.74) is 0. The maximum absolute atomic E-state index is 8.25. The number of quaternary nitrogens is 1. The van der Waals surface area contributed by atoms with Gasteiger partial charge in [0.15, 0.2) is 0 Å².